The fourth-order valence-corrected chi connectivity index (χ4v) is 3.93. The van der Waals surface area contributed by atoms with E-state index in [0.717, 1.165) is 25.3 Å². The Hall–Kier alpha value is -0.860. The van der Waals surface area contributed by atoms with E-state index in [-0.39, 0.29) is 0 Å². The van der Waals surface area contributed by atoms with Crippen LogP contribution in [0.25, 0.3) is 20.3 Å². The van der Waals surface area contributed by atoms with Gasteiger partial charge >= 0.3 is 6.18 Å². The molecular formula is C13H9BrF3NOS2. The summed E-state index contributed by atoms with van der Waals surface area (Å²) in [5.41, 5.74) is 0.890. The third-order valence-electron chi connectivity index (χ3n) is 2.91. The molecule has 0 radical (unpaired) electrons. The largest absolute Gasteiger partial charge is 0.491 e. The predicted octanol–water partition coefficient (Wildman–Crippen LogP) is 5.52. The molecule has 2 heterocycles. The van der Waals surface area contributed by atoms with Gasteiger partial charge < -0.3 is 4.74 Å². The molecule has 1 unspecified atom stereocenters. The second-order valence-corrected chi connectivity index (χ2v) is 7.69. The molecule has 0 fully saturated rings. The number of fused-ring (bicyclic) bond motifs is 3. The highest BCUT2D eigenvalue weighted by Crippen LogP contribution is 2.39. The molecule has 3 rings (SSSR count). The lowest BCUT2D eigenvalue weighted by Gasteiger charge is -2.15. The van der Waals surface area contributed by atoms with Gasteiger partial charge in [0, 0.05) is 11.5 Å². The zero-order valence-corrected chi connectivity index (χ0v) is 13.9. The number of halogens is 4. The Morgan fingerprint density at radius 3 is 2.90 bits per heavy atom. The molecule has 0 spiro atoms. The van der Waals surface area contributed by atoms with Crippen LogP contribution in [-0.2, 0) is 0 Å². The number of ether oxygens (including phenoxy) is 1. The van der Waals surface area contributed by atoms with E-state index in [4.69, 9.17) is 4.74 Å². The molecular weight excluding hydrogens is 387 g/mol. The molecule has 0 saturated carbocycles. The molecule has 1 aromatic carbocycles. The molecule has 0 N–H and O–H groups in total. The minimum atomic E-state index is -4.32. The van der Waals surface area contributed by atoms with Crippen molar-refractivity contribution in [3.8, 4) is 5.75 Å². The minimum Gasteiger partial charge on any atom is -0.491 e. The third kappa shape index (κ3) is 2.89. The lowest BCUT2D eigenvalue weighted by atomic mass is 10.2. The van der Waals surface area contributed by atoms with E-state index in [1.165, 1.54) is 22.7 Å². The number of thiazole rings is 1. The van der Waals surface area contributed by atoms with Crippen LogP contribution >= 0.6 is 38.6 Å². The molecule has 0 bridgehead atoms. The van der Waals surface area contributed by atoms with E-state index in [9.17, 15) is 13.2 Å². The van der Waals surface area contributed by atoms with Crippen LogP contribution in [0.2, 0.25) is 0 Å². The van der Waals surface area contributed by atoms with Crippen molar-refractivity contribution in [2.75, 3.05) is 6.61 Å². The van der Waals surface area contributed by atoms with Gasteiger partial charge in [0.1, 0.15) is 17.2 Å². The summed E-state index contributed by atoms with van der Waals surface area (Å²) in [7, 11) is 0. The Morgan fingerprint density at radius 2 is 2.19 bits per heavy atom. The van der Waals surface area contributed by atoms with Gasteiger partial charge in [0.2, 0.25) is 0 Å². The smallest absolute Gasteiger partial charge is 0.404 e. The summed E-state index contributed by atoms with van der Waals surface area (Å²) in [5.74, 6) is 0.469. The molecule has 2 nitrogen and oxygen atoms in total. The first-order valence-electron chi connectivity index (χ1n) is 5.97. The summed E-state index contributed by atoms with van der Waals surface area (Å²) in [6, 6.07) is 3.62. The maximum atomic E-state index is 12.5. The quantitative estimate of drug-likeness (QED) is 0.544. The van der Waals surface area contributed by atoms with Crippen molar-refractivity contribution in [3.05, 3.63) is 22.5 Å². The summed E-state index contributed by atoms with van der Waals surface area (Å²) in [5, 5.41) is 3.62. The maximum absolute atomic E-state index is 12.5. The van der Waals surface area contributed by atoms with E-state index in [1.807, 2.05) is 18.4 Å². The van der Waals surface area contributed by atoms with Gasteiger partial charge in [-0.1, -0.05) is 15.9 Å². The SMILES string of the molecule is Cc1nc2c(cc(OCC(Br)C(F)(F)F)c3ccsc32)s1. The maximum Gasteiger partial charge on any atom is 0.404 e. The summed E-state index contributed by atoms with van der Waals surface area (Å²) in [4.78, 5) is 2.79. The average molecular weight is 396 g/mol. The van der Waals surface area contributed by atoms with Crippen LogP contribution in [0.1, 0.15) is 5.01 Å². The Kier molecular flexibility index (Phi) is 3.87. The number of hydrogen-bond acceptors (Lipinski definition) is 4. The Morgan fingerprint density at radius 1 is 1.43 bits per heavy atom. The number of aromatic nitrogens is 1. The van der Waals surface area contributed by atoms with E-state index in [1.54, 1.807) is 6.07 Å². The first-order chi connectivity index (χ1) is 9.86. The number of hydrogen-bond donors (Lipinski definition) is 0. The van der Waals surface area contributed by atoms with Crippen molar-refractivity contribution >= 4 is 58.9 Å². The van der Waals surface area contributed by atoms with Crippen molar-refractivity contribution < 1.29 is 17.9 Å². The molecule has 3 aromatic rings. The number of benzene rings is 1. The normalized spacial score (nSPS) is 14.0. The Labute approximate surface area is 134 Å². The first-order valence-corrected chi connectivity index (χ1v) is 8.58. The lowest BCUT2D eigenvalue weighted by Crippen LogP contribution is -2.28. The second kappa shape index (κ2) is 5.40. The zero-order chi connectivity index (χ0) is 15.2. The highest BCUT2D eigenvalue weighted by Gasteiger charge is 2.38. The molecule has 0 aliphatic carbocycles. The van der Waals surface area contributed by atoms with E-state index in [0.29, 0.717) is 5.75 Å². The third-order valence-corrected chi connectivity index (χ3v) is 5.53. The molecule has 21 heavy (non-hydrogen) atoms. The first kappa shape index (κ1) is 15.1. The molecule has 0 amide bonds. The zero-order valence-electron chi connectivity index (χ0n) is 10.7. The number of thiophene rings is 1. The molecule has 112 valence electrons. The summed E-state index contributed by atoms with van der Waals surface area (Å²) >= 11 is 5.63. The van der Waals surface area contributed by atoms with Gasteiger partial charge in [0.05, 0.1) is 19.9 Å². The fraction of sp³-hybridized carbons (Fsp3) is 0.308. The van der Waals surface area contributed by atoms with Gasteiger partial charge in [-0.3, -0.25) is 0 Å². The van der Waals surface area contributed by atoms with Crippen molar-refractivity contribution in [1.82, 2.24) is 4.98 Å². The van der Waals surface area contributed by atoms with E-state index >= 15 is 0 Å². The van der Waals surface area contributed by atoms with Gasteiger partial charge in [-0.05, 0) is 18.4 Å². The molecule has 1 atom stereocenters. The topological polar surface area (TPSA) is 22.1 Å². The Bertz CT molecular complexity index is 796. The molecule has 8 heteroatoms. The van der Waals surface area contributed by atoms with E-state index in [2.05, 4.69) is 20.9 Å². The lowest BCUT2D eigenvalue weighted by molar-refractivity contribution is -0.132. The van der Waals surface area contributed by atoms with Crippen LogP contribution in [0.4, 0.5) is 13.2 Å². The van der Waals surface area contributed by atoms with E-state index < -0.39 is 17.6 Å². The van der Waals surface area contributed by atoms with Crippen LogP contribution in [0, 0.1) is 6.92 Å². The van der Waals surface area contributed by atoms with Crippen molar-refractivity contribution in [3.63, 3.8) is 0 Å². The minimum absolute atomic E-state index is 0.461. The summed E-state index contributed by atoms with van der Waals surface area (Å²) in [6.45, 7) is 1.44. The molecule has 0 saturated heterocycles. The number of rotatable bonds is 3. The van der Waals surface area contributed by atoms with Crippen LogP contribution < -0.4 is 4.74 Å². The van der Waals surface area contributed by atoms with Gasteiger partial charge in [-0.15, -0.1) is 22.7 Å². The van der Waals surface area contributed by atoms with Crippen molar-refractivity contribution in [2.45, 2.75) is 17.9 Å². The highest BCUT2D eigenvalue weighted by molar-refractivity contribution is 9.09. The van der Waals surface area contributed by atoms with Crippen molar-refractivity contribution in [2.24, 2.45) is 0 Å². The Balaban J connectivity index is 1.99. The molecule has 2 aromatic heterocycles. The second-order valence-electron chi connectivity index (χ2n) is 4.44. The van der Waals surface area contributed by atoms with Gasteiger partial charge in [0.15, 0.2) is 0 Å². The highest BCUT2D eigenvalue weighted by atomic mass is 79.9. The fourth-order valence-electron chi connectivity index (χ4n) is 1.96. The average Bonchev–Trinajstić information content (AvgIpc) is 2.99. The predicted molar refractivity (Wildman–Crippen MR) is 84.0 cm³/mol. The van der Waals surface area contributed by atoms with Crippen molar-refractivity contribution in [1.29, 1.82) is 0 Å². The summed E-state index contributed by atoms with van der Waals surface area (Å²) < 4.78 is 44.9. The van der Waals surface area contributed by atoms with Gasteiger partial charge in [-0.2, -0.15) is 13.2 Å². The number of nitrogens with zero attached hydrogens (tertiary/aromatic N) is 1. The van der Waals surface area contributed by atoms with Gasteiger partial charge in [0.25, 0.3) is 0 Å². The van der Waals surface area contributed by atoms with Gasteiger partial charge in [-0.25, -0.2) is 4.98 Å². The number of aryl methyl sites for hydroxylation is 1. The van der Waals surface area contributed by atoms with Crippen LogP contribution in [-0.4, -0.2) is 22.6 Å². The number of alkyl halides is 4. The monoisotopic (exact) mass is 395 g/mol. The van der Waals surface area contributed by atoms with Crippen LogP contribution in [0.15, 0.2) is 17.5 Å². The van der Waals surface area contributed by atoms with Crippen LogP contribution in [0.3, 0.4) is 0 Å². The summed E-state index contributed by atoms with van der Waals surface area (Å²) in [6.07, 6.45) is -4.32. The van der Waals surface area contributed by atoms with Crippen LogP contribution in [0.5, 0.6) is 5.75 Å². The molecule has 0 aliphatic rings. The standard InChI is InChI=1S/C13H9BrF3NOS2/c1-6-18-11-9(21-6)4-8(7-2-3-20-12(7)11)19-5-10(14)13(15,16)17/h2-4,10H,5H2,1H3. The molecule has 0 aliphatic heterocycles.